The van der Waals surface area contributed by atoms with Crippen LogP contribution in [0.25, 0.3) is 0 Å². The number of nitrogens with zero attached hydrogens (tertiary/aromatic N) is 3. The van der Waals surface area contributed by atoms with Gasteiger partial charge in [-0.15, -0.1) is 11.8 Å². The summed E-state index contributed by atoms with van der Waals surface area (Å²) < 4.78 is 4.14. The summed E-state index contributed by atoms with van der Waals surface area (Å²) in [6.45, 7) is 1.99. The van der Waals surface area contributed by atoms with E-state index in [1.54, 1.807) is 14.1 Å². The van der Waals surface area contributed by atoms with Gasteiger partial charge in [0, 0.05) is 14.1 Å². The molecule has 1 N–H and O–H groups in total. The number of carbonyl (C=O) groups is 1. The second-order valence-electron chi connectivity index (χ2n) is 3.06. The summed E-state index contributed by atoms with van der Waals surface area (Å²) in [5.41, 5.74) is 0.451. The normalized spacial score (nSPS) is 9.62. The number of hydrogen-bond acceptors (Lipinski definition) is 5. The van der Waals surface area contributed by atoms with Crippen LogP contribution in [0.1, 0.15) is 12.5 Å². The summed E-state index contributed by atoms with van der Waals surface area (Å²) in [5.74, 6) is 0.847. The van der Waals surface area contributed by atoms with Crippen molar-refractivity contribution in [3.8, 4) is 6.07 Å². The van der Waals surface area contributed by atoms with E-state index in [1.165, 1.54) is 16.7 Å². The zero-order valence-electron chi connectivity index (χ0n) is 9.27. The summed E-state index contributed by atoms with van der Waals surface area (Å²) >= 11 is 2.63. The van der Waals surface area contributed by atoms with E-state index < -0.39 is 0 Å². The highest BCUT2D eigenvalue weighted by Gasteiger charge is 2.16. The van der Waals surface area contributed by atoms with Crippen molar-refractivity contribution in [2.45, 2.75) is 11.9 Å². The molecule has 0 unspecified atom stereocenters. The number of urea groups is 1. The van der Waals surface area contributed by atoms with Gasteiger partial charge in [0.1, 0.15) is 21.7 Å². The molecule has 16 heavy (non-hydrogen) atoms. The number of rotatable bonds is 3. The fourth-order valence-corrected chi connectivity index (χ4v) is 2.49. The second kappa shape index (κ2) is 5.72. The lowest BCUT2D eigenvalue weighted by Crippen LogP contribution is -2.27. The molecule has 0 spiro atoms. The molecular formula is C9H12N4OS2. The van der Waals surface area contributed by atoms with Gasteiger partial charge in [-0.05, 0) is 17.3 Å². The Kier molecular flexibility index (Phi) is 4.58. The van der Waals surface area contributed by atoms with Crippen LogP contribution in [0.15, 0.2) is 5.03 Å². The third-order valence-corrected chi connectivity index (χ3v) is 3.42. The minimum atomic E-state index is -0.256. The monoisotopic (exact) mass is 256 g/mol. The Balaban J connectivity index is 2.90. The number of nitrogens with one attached hydrogen (secondary N) is 1. The molecule has 0 fully saturated rings. The van der Waals surface area contributed by atoms with Crippen LogP contribution in [0.2, 0.25) is 0 Å². The first-order valence-electron chi connectivity index (χ1n) is 4.61. The van der Waals surface area contributed by atoms with Crippen LogP contribution in [-0.4, -0.2) is 35.2 Å². The van der Waals surface area contributed by atoms with Crippen molar-refractivity contribution in [2.75, 3.05) is 25.2 Å². The Morgan fingerprint density at radius 1 is 1.69 bits per heavy atom. The van der Waals surface area contributed by atoms with Gasteiger partial charge in [-0.1, -0.05) is 6.92 Å². The van der Waals surface area contributed by atoms with Gasteiger partial charge in [-0.3, -0.25) is 5.32 Å². The number of amides is 2. The fourth-order valence-electron chi connectivity index (χ4n) is 0.904. The smallest absolute Gasteiger partial charge is 0.322 e. The third-order valence-electron chi connectivity index (χ3n) is 1.68. The minimum absolute atomic E-state index is 0.256. The Hall–Kier alpha value is -1.26. The predicted molar refractivity (Wildman–Crippen MR) is 65.9 cm³/mol. The van der Waals surface area contributed by atoms with Crippen LogP contribution in [0.4, 0.5) is 9.80 Å². The molecule has 1 heterocycles. The Morgan fingerprint density at radius 3 is 2.88 bits per heavy atom. The first-order valence-corrected chi connectivity index (χ1v) is 6.36. The quantitative estimate of drug-likeness (QED) is 0.842. The van der Waals surface area contributed by atoms with Crippen LogP contribution in [0.3, 0.4) is 0 Å². The van der Waals surface area contributed by atoms with Crippen molar-refractivity contribution in [3.63, 3.8) is 0 Å². The standard InChI is InChI=1S/C9H12N4OS2/c1-4-15-8-6(5-10)7(16-12-8)11-9(14)13(2)3/h4H2,1-3H3,(H,11,14). The molecule has 1 rings (SSSR count). The average molecular weight is 256 g/mol. The van der Waals surface area contributed by atoms with Crippen LogP contribution < -0.4 is 5.32 Å². The molecule has 1 aromatic rings. The lowest BCUT2D eigenvalue weighted by atomic mass is 10.4. The van der Waals surface area contributed by atoms with Gasteiger partial charge >= 0.3 is 6.03 Å². The molecule has 0 bridgehead atoms. The summed E-state index contributed by atoms with van der Waals surface area (Å²) in [6, 6.07) is 1.81. The summed E-state index contributed by atoms with van der Waals surface area (Å²) in [7, 11) is 3.29. The molecule has 0 saturated carbocycles. The first-order chi connectivity index (χ1) is 7.60. The Bertz CT molecular complexity index is 422. The maximum atomic E-state index is 11.4. The number of thioether (sulfide) groups is 1. The lowest BCUT2D eigenvalue weighted by Gasteiger charge is -2.10. The van der Waals surface area contributed by atoms with Gasteiger partial charge in [-0.2, -0.15) is 9.64 Å². The van der Waals surface area contributed by atoms with E-state index in [2.05, 4.69) is 15.8 Å². The van der Waals surface area contributed by atoms with Crippen LogP contribution in [0.5, 0.6) is 0 Å². The summed E-state index contributed by atoms with van der Waals surface area (Å²) in [5, 5.41) is 12.8. The molecule has 7 heteroatoms. The van der Waals surface area contributed by atoms with Crippen molar-refractivity contribution >= 4 is 34.3 Å². The van der Waals surface area contributed by atoms with E-state index in [4.69, 9.17) is 5.26 Å². The molecule has 2 amide bonds. The SMILES string of the molecule is CCSc1nsc(NC(=O)N(C)C)c1C#N. The number of carbonyl (C=O) groups excluding carboxylic acids is 1. The van der Waals surface area contributed by atoms with Gasteiger partial charge in [-0.25, -0.2) is 4.79 Å². The van der Waals surface area contributed by atoms with Crippen molar-refractivity contribution in [1.29, 1.82) is 5.26 Å². The van der Waals surface area contributed by atoms with Gasteiger partial charge in [0.2, 0.25) is 0 Å². The van der Waals surface area contributed by atoms with Gasteiger partial charge in [0.05, 0.1) is 0 Å². The zero-order chi connectivity index (χ0) is 12.1. The Labute approximate surface area is 103 Å². The van der Waals surface area contributed by atoms with Gasteiger partial charge < -0.3 is 4.90 Å². The highest BCUT2D eigenvalue weighted by Crippen LogP contribution is 2.30. The number of hydrogen-bond donors (Lipinski definition) is 1. The predicted octanol–water partition coefficient (Wildman–Crippen LogP) is 2.22. The molecule has 1 aromatic heterocycles. The number of aromatic nitrogens is 1. The van der Waals surface area contributed by atoms with E-state index >= 15 is 0 Å². The molecule has 0 aliphatic rings. The van der Waals surface area contributed by atoms with Crippen molar-refractivity contribution in [1.82, 2.24) is 9.27 Å². The summed E-state index contributed by atoms with van der Waals surface area (Å²) in [6.07, 6.45) is 0. The van der Waals surface area contributed by atoms with Crippen molar-refractivity contribution < 1.29 is 4.79 Å². The van der Waals surface area contributed by atoms with Crippen molar-refractivity contribution in [2.24, 2.45) is 0 Å². The molecule has 0 saturated heterocycles. The highest BCUT2D eigenvalue weighted by molar-refractivity contribution is 7.99. The lowest BCUT2D eigenvalue weighted by molar-refractivity contribution is 0.231. The minimum Gasteiger partial charge on any atom is -0.331 e. The van der Waals surface area contributed by atoms with Crippen LogP contribution in [-0.2, 0) is 0 Å². The fraction of sp³-hybridized carbons (Fsp3) is 0.444. The maximum Gasteiger partial charge on any atom is 0.322 e. The average Bonchev–Trinajstić information content (AvgIpc) is 2.61. The zero-order valence-corrected chi connectivity index (χ0v) is 10.9. The molecule has 0 atom stereocenters. The van der Waals surface area contributed by atoms with E-state index in [-0.39, 0.29) is 6.03 Å². The van der Waals surface area contributed by atoms with Crippen LogP contribution >= 0.6 is 23.3 Å². The van der Waals surface area contributed by atoms with E-state index in [1.807, 2.05) is 6.92 Å². The third kappa shape index (κ3) is 2.87. The number of nitriles is 1. The largest absolute Gasteiger partial charge is 0.331 e. The first kappa shape index (κ1) is 12.8. The highest BCUT2D eigenvalue weighted by atomic mass is 32.2. The molecule has 0 aliphatic carbocycles. The molecular weight excluding hydrogens is 244 g/mol. The molecule has 0 radical (unpaired) electrons. The molecule has 5 nitrogen and oxygen atoms in total. The molecule has 0 aliphatic heterocycles. The van der Waals surface area contributed by atoms with Crippen molar-refractivity contribution in [3.05, 3.63) is 5.56 Å². The maximum absolute atomic E-state index is 11.4. The van der Waals surface area contributed by atoms with E-state index in [0.717, 1.165) is 17.3 Å². The second-order valence-corrected chi connectivity index (χ2v) is 5.09. The van der Waals surface area contributed by atoms with Gasteiger partial charge in [0.15, 0.2) is 0 Å². The van der Waals surface area contributed by atoms with E-state index in [0.29, 0.717) is 15.6 Å². The van der Waals surface area contributed by atoms with E-state index in [9.17, 15) is 4.79 Å². The molecule has 86 valence electrons. The topological polar surface area (TPSA) is 69.0 Å². The number of anilines is 1. The van der Waals surface area contributed by atoms with Gasteiger partial charge in [0.25, 0.3) is 0 Å². The molecule has 0 aromatic carbocycles. The van der Waals surface area contributed by atoms with Crippen LogP contribution in [0, 0.1) is 11.3 Å². The summed E-state index contributed by atoms with van der Waals surface area (Å²) in [4.78, 5) is 12.8. The Morgan fingerprint density at radius 2 is 2.38 bits per heavy atom.